The number of thiophene rings is 1. The van der Waals surface area contributed by atoms with Gasteiger partial charge in [0.2, 0.25) is 5.91 Å². The fraction of sp³-hybridized carbons (Fsp3) is 0.469. The number of carbonyl (C=O) groups excluding carboxylic acids is 2. The summed E-state index contributed by atoms with van der Waals surface area (Å²) < 4.78 is 12.7. The van der Waals surface area contributed by atoms with E-state index in [4.69, 9.17) is 14.6 Å². The van der Waals surface area contributed by atoms with Gasteiger partial charge in [-0.25, -0.2) is 0 Å². The van der Waals surface area contributed by atoms with E-state index >= 15 is 0 Å². The molecule has 0 spiro atoms. The number of esters is 1. The summed E-state index contributed by atoms with van der Waals surface area (Å²) in [7, 11) is 0. The number of ether oxygens (including phenoxy) is 2. The highest BCUT2D eigenvalue weighted by Crippen LogP contribution is 2.32. The van der Waals surface area contributed by atoms with Gasteiger partial charge in [-0.1, -0.05) is 12.1 Å². The molecule has 2 aromatic carbocycles. The number of nitrogens with zero attached hydrogens (tertiary/aromatic N) is 3. The summed E-state index contributed by atoms with van der Waals surface area (Å²) in [6.07, 6.45) is 4.01. The minimum absolute atomic E-state index is 0.0265. The van der Waals surface area contributed by atoms with Gasteiger partial charge in [0.15, 0.2) is 6.73 Å². The Kier molecular flexibility index (Phi) is 10.3. The lowest BCUT2D eigenvalue weighted by Gasteiger charge is -2.36. The fourth-order valence-electron chi connectivity index (χ4n) is 5.60. The molecule has 5 rings (SSSR count). The number of unbranched alkanes of at least 4 members (excludes halogenated alkanes) is 2. The first-order valence-electron chi connectivity index (χ1n) is 14.8. The van der Waals surface area contributed by atoms with E-state index < -0.39 is 11.9 Å². The smallest absolute Gasteiger partial charge is 0.307 e. The van der Waals surface area contributed by atoms with Gasteiger partial charge < -0.3 is 19.5 Å². The fourth-order valence-corrected chi connectivity index (χ4v) is 6.40. The van der Waals surface area contributed by atoms with Gasteiger partial charge in [0, 0.05) is 67.3 Å². The quantitative estimate of drug-likeness (QED) is 0.198. The van der Waals surface area contributed by atoms with Crippen molar-refractivity contribution in [2.45, 2.75) is 51.4 Å². The van der Waals surface area contributed by atoms with Crippen molar-refractivity contribution >= 4 is 50.6 Å². The minimum Gasteiger partial charge on any atom is -0.494 e. The number of piperazine rings is 1. The Bertz CT molecular complexity index is 1380. The summed E-state index contributed by atoms with van der Waals surface area (Å²) in [4.78, 5) is 41.9. The van der Waals surface area contributed by atoms with Gasteiger partial charge in [0.1, 0.15) is 5.75 Å². The summed E-state index contributed by atoms with van der Waals surface area (Å²) in [6.45, 7) is 5.69. The van der Waals surface area contributed by atoms with E-state index in [1.165, 1.54) is 20.7 Å². The number of rotatable bonds is 14. The van der Waals surface area contributed by atoms with E-state index in [-0.39, 0.29) is 25.5 Å². The van der Waals surface area contributed by atoms with Crippen molar-refractivity contribution in [1.29, 1.82) is 0 Å². The maximum absolute atomic E-state index is 12.6. The predicted molar refractivity (Wildman–Crippen MR) is 165 cm³/mol. The molecule has 1 N–H and O–H groups in total. The molecule has 1 saturated heterocycles. The van der Waals surface area contributed by atoms with Crippen LogP contribution >= 0.6 is 11.3 Å². The highest BCUT2D eigenvalue weighted by atomic mass is 32.1. The first-order chi connectivity index (χ1) is 20.5. The van der Waals surface area contributed by atoms with Crippen LogP contribution in [0.15, 0.2) is 47.8 Å². The molecule has 3 aromatic rings. The van der Waals surface area contributed by atoms with Crippen LogP contribution in [-0.2, 0) is 25.5 Å². The molecule has 0 aliphatic carbocycles. The highest BCUT2D eigenvalue weighted by Gasteiger charge is 2.26. The van der Waals surface area contributed by atoms with Crippen molar-refractivity contribution in [1.82, 2.24) is 4.90 Å². The zero-order chi connectivity index (χ0) is 29.3. The number of hydrogen-bond donors (Lipinski definition) is 1. The molecule has 0 bridgehead atoms. The molecule has 224 valence electrons. The van der Waals surface area contributed by atoms with E-state index in [0.717, 1.165) is 56.8 Å². The Hall–Kier alpha value is -3.63. The Morgan fingerprint density at radius 1 is 0.905 bits per heavy atom. The van der Waals surface area contributed by atoms with Gasteiger partial charge in [0.25, 0.3) is 0 Å². The molecular weight excluding hydrogens is 554 g/mol. The number of carboxylic acid groups (broad SMARTS) is 1. The molecule has 2 aliphatic rings. The third kappa shape index (κ3) is 7.80. The first kappa shape index (κ1) is 29.8. The third-order valence-corrected chi connectivity index (χ3v) is 8.84. The molecule has 0 radical (unpaired) electrons. The van der Waals surface area contributed by atoms with Crippen molar-refractivity contribution in [2.75, 3.05) is 55.9 Å². The van der Waals surface area contributed by atoms with Crippen molar-refractivity contribution in [3.05, 3.63) is 53.4 Å². The van der Waals surface area contributed by atoms with Crippen LogP contribution in [-0.4, -0.2) is 73.9 Å². The maximum Gasteiger partial charge on any atom is 0.307 e. The largest absolute Gasteiger partial charge is 0.494 e. The zero-order valence-corrected chi connectivity index (χ0v) is 24.8. The lowest BCUT2D eigenvalue weighted by Crippen LogP contribution is -2.46. The summed E-state index contributed by atoms with van der Waals surface area (Å²) >= 11 is 1.80. The van der Waals surface area contributed by atoms with Crippen molar-refractivity contribution < 1.29 is 29.0 Å². The number of benzene rings is 2. The molecule has 0 atom stereocenters. The zero-order valence-electron chi connectivity index (χ0n) is 24.0. The lowest BCUT2D eigenvalue weighted by atomic mass is 10.0. The normalized spacial score (nSPS) is 15.6. The molecule has 0 saturated carbocycles. The van der Waals surface area contributed by atoms with Crippen LogP contribution in [0.1, 0.15) is 50.5 Å². The van der Waals surface area contributed by atoms with Gasteiger partial charge in [-0.3, -0.25) is 24.2 Å². The molecule has 1 fully saturated rings. The van der Waals surface area contributed by atoms with Crippen LogP contribution in [0.25, 0.3) is 10.1 Å². The number of hydrogen-bond acceptors (Lipinski definition) is 8. The highest BCUT2D eigenvalue weighted by molar-refractivity contribution is 7.17. The van der Waals surface area contributed by atoms with Crippen LogP contribution in [0.2, 0.25) is 0 Å². The molecule has 2 aliphatic heterocycles. The van der Waals surface area contributed by atoms with E-state index in [1.54, 1.807) is 11.3 Å². The number of aryl methyl sites for hydroxylation is 1. The van der Waals surface area contributed by atoms with Crippen molar-refractivity contribution in [2.24, 2.45) is 0 Å². The SMILES string of the molecule is O=C(O)CCCCC(=O)OCN1C(=O)CCc2ccc(OCCCCN3CCN(c4cccc5sccc45)CC3)cc21. The van der Waals surface area contributed by atoms with Gasteiger partial charge >= 0.3 is 11.9 Å². The van der Waals surface area contributed by atoms with Gasteiger partial charge in [-0.15, -0.1) is 11.3 Å². The van der Waals surface area contributed by atoms with E-state index in [2.05, 4.69) is 39.4 Å². The Morgan fingerprint density at radius 2 is 1.74 bits per heavy atom. The summed E-state index contributed by atoms with van der Waals surface area (Å²) in [5.41, 5.74) is 3.09. The number of carboxylic acids is 1. The van der Waals surface area contributed by atoms with Gasteiger partial charge in [0.05, 0.1) is 12.3 Å². The molecule has 10 heteroatoms. The summed E-state index contributed by atoms with van der Waals surface area (Å²) in [5, 5.41) is 12.2. The Labute approximate surface area is 250 Å². The van der Waals surface area contributed by atoms with Crippen LogP contribution in [0.3, 0.4) is 0 Å². The second kappa shape index (κ2) is 14.5. The van der Waals surface area contributed by atoms with Crippen LogP contribution in [0.5, 0.6) is 5.75 Å². The summed E-state index contributed by atoms with van der Waals surface area (Å²) in [6, 6.07) is 14.6. The average Bonchev–Trinajstić information content (AvgIpc) is 3.48. The molecule has 1 amide bonds. The molecule has 42 heavy (non-hydrogen) atoms. The number of anilines is 2. The number of aliphatic carboxylic acids is 1. The molecule has 0 unspecified atom stereocenters. The third-order valence-electron chi connectivity index (χ3n) is 7.96. The minimum atomic E-state index is -0.880. The van der Waals surface area contributed by atoms with Crippen molar-refractivity contribution in [3.63, 3.8) is 0 Å². The topological polar surface area (TPSA) is 99.6 Å². The van der Waals surface area contributed by atoms with Crippen molar-refractivity contribution in [3.8, 4) is 5.75 Å². The molecule has 3 heterocycles. The number of carbonyl (C=O) groups is 3. The van der Waals surface area contributed by atoms with Gasteiger partial charge in [-0.05, 0) is 73.9 Å². The first-order valence-corrected chi connectivity index (χ1v) is 15.7. The monoisotopic (exact) mass is 593 g/mol. The Balaban J connectivity index is 1.03. The van der Waals surface area contributed by atoms with E-state index in [1.807, 2.05) is 18.2 Å². The maximum atomic E-state index is 12.6. The predicted octanol–water partition coefficient (Wildman–Crippen LogP) is 5.31. The number of amides is 1. The van der Waals surface area contributed by atoms with E-state index in [0.29, 0.717) is 38.0 Å². The lowest BCUT2D eigenvalue weighted by molar-refractivity contribution is -0.145. The second-order valence-electron chi connectivity index (χ2n) is 10.9. The van der Waals surface area contributed by atoms with Crippen LogP contribution in [0, 0.1) is 0 Å². The number of fused-ring (bicyclic) bond motifs is 2. The van der Waals surface area contributed by atoms with Crippen LogP contribution in [0.4, 0.5) is 11.4 Å². The van der Waals surface area contributed by atoms with E-state index in [9.17, 15) is 14.4 Å². The summed E-state index contributed by atoms with van der Waals surface area (Å²) in [5.74, 6) is -0.710. The average molecular weight is 594 g/mol. The standard InChI is InChI=1S/C32H39N3O6S/c36-30-13-11-24-10-12-25(22-28(24)35(30)23-41-32(39)9-2-1-8-31(37)38)40-20-4-3-15-33-16-18-34(19-17-33)27-6-5-7-29-26(27)14-21-42-29/h5-7,10,12,14,21-22H,1-4,8-9,11,13,15-20,23H2,(H,37,38). The molecule has 1 aromatic heterocycles. The molecule has 9 nitrogen and oxygen atoms in total. The molecular formula is C32H39N3O6S. The van der Waals surface area contributed by atoms with Crippen LogP contribution < -0.4 is 14.5 Å². The van der Waals surface area contributed by atoms with Gasteiger partial charge in [-0.2, -0.15) is 0 Å². The Morgan fingerprint density at radius 3 is 2.57 bits per heavy atom. The second-order valence-corrected chi connectivity index (χ2v) is 11.8.